The van der Waals surface area contributed by atoms with Crippen molar-refractivity contribution in [1.29, 1.82) is 0 Å². The highest BCUT2D eigenvalue weighted by atomic mass is 32.2. The molecule has 1 aliphatic heterocycles. The Labute approximate surface area is 144 Å². The number of likely N-dealkylation sites (N-methyl/N-ethyl adjacent to an activating group) is 1. The van der Waals surface area contributed by atoms with Gasteiger partial charge in [-0.25, -0.2) is 13.1 Å². The molecule has 0 spiro atoms. The third kappa shape index (κ3) is 4.78. The molecular weight excluding hydrogens is 326 g/mol. The molecule has 134 valence electrons. The lowest BCUT2D eigenvalue weighted by atomic mass is 10.1. The molecule has 0 unspecified atom stereocenters. The molecule has 2 rings (SSSR count). The van der Waals surface area contributed by atoms with Gasteiger partial charge in [0.15, 0.2) is 0 Å². The fourth-order valence-electron chi connectivity index (χ4n) is 2.73. The summed E-state index contributed by atoms with van der Waals surface area (Å²) in [6.07, 6.45) is 0.191. The maximum absolute atomic E-state index is 12.3. The lowest BCUT2D eigenvalue weighted by molar-refractivity contribution is -0.132. The molecule has 1 aromatic rings. The quantitative estimate of drug-likeness (QED) is 0.832. The Kier molecular flexibility index (Phi) is 6.37. The summed E-state index contributed by atoms with van der Waals surface area (Å²) in [6, 6.07) is 5.04. The molecule has 1 heterocycles. The largest absolute Gasteiger partial charge is 0.340 e. The molecule has 0 bridgehead atoms. The first kappa shape index (κ1) is 18.9. The van der Waals surface area contributed by atoms with E-state index in [-0.39, 0.29) is 23.8 Å². The van der Waals surface area contributed by atoms with Crippen molar-refractivity contribution in [3.05, 3.63) is 29.3 Å². The summed E-state index contributed by atoms with van der Waals surface area (Å²) < 4.78 is 27.1. The van der Waals surface area contributed by atoms with Gasteiger partial charge in [-0.15, -0.1) is 0 Å². The van der Waals surface area contributed by atoms with Crippen LogP contribution in [0, 0.1) is 13.8 Å². The summed E-state index contributed by atoms with van der Waals surface area (Å²) in [6.45, 7) is 10.3. The van der Waals surface area contributed by atoms with Gasteiger partial charge < -0.3 is 9.80 Å². The number of amides is 1. The number of nitrogens with one attached hydrogen (secondary N) is 1. The summed E-state index contributed by atoms with van der Waals surface area (Å²) in [5.74, 6) is 0.00791. The highest BCUT2D eigenvalue weighted by Gasteiger charge is 2.21. The van der Waals surface area contributed by atoms with Crippen molar-refractivity contribution < 1.29 is 13.2 Å². The zero-order chi connectivity index (χ0) is 17.7. The van der Waals surface area contributed by atoms with Gasteiger partial charge in [0.1, 0.15) is 0 Å². The van der Waals surface area contributed by atoms with E-state index in [1.165, 1.54) is 0 Å². The van der Waals surface area contributed by atoms with Crippen LogP contribution in [-0.2, 0) is 14.8 Å². The van der Waals surface area contributed by atoms with Gasteiger partial charge in [0.25, 0.3) is 0 Å². The molecule has 1 aromatic carbocycles. The van der Waals surface area contributed by atoms with Crippen LogP contribution in [0.25, 0.3) is 0 Å². The van der Waals surface area contributed by atoms with Crippen LogP contribution < -0.4 is 4.72 Å². The smallest absolute Gasteiger partial charge is 0.240 e. The Balaban J connectivity index is 1.84. The minimum Gasteiger partial charge on any atom is -0.340 e. The maximum Gasteiger partial charge on any atom is 0.240 e. The molecule has 6 nitrogen and oxygen atoms in total. The molecule has 0 aliphatic carbocycles. The van der Waals surface area contributed by atoms with E-state index in [0.717, 1.165) is 43.9 Å². The topological polar surface area (TPSA) is 69.7 Å². The SMILES string of the molecule is CCN1CCN(C(=O)CCNS(=O)(=O)c2ccc(C)c(C)c2)CC1. The van der Waals surface area contributed by atoms with Crippen molar-refractivity contribution in [1.82, 2.24) is 14.5 Å². The van der Waals surface area contributed by atoms with Crippen LogP contribution in [0.2, 0.25) is 0 Å². The van der Waals surface area contributed by atoms with Crippen molar-refractivity contribution >= 4 is 15.9 Å². The van der Waals surface area contributed by atoms with Crippen molar-refractivity contribution in [3.63, 3.8) is 0 Å². The Morgan fingerprint density at radius 1 is 1.12 bits per heavy atom. The van der Waals surface area contributed by atoms with Crippen molar-refractivity contribution in [3.8, 4) is 0 Å². The van der Waals surface area contributed by atoms with Gasteiger partial charge in [0.05, 0.1) is 4.90 Å². The second kappa shape index (κ2) is 8.09. The number of sulfonamides is 1. The molecule has 24 heavy (non-hydrogen) atoms. The van der Waals surface area contributed by atoms with Crippen molar-refractivity contribution in [2.75, 3.05) is 39.3 Å². The first-order valence-corrected chi connectivity index (χ1v) is 9.89. The van der Waals surface area contributed by atoms with Crippen LogP contribution in [0.4, 0.5) is 0 Å². The van der Waals surface area contributed by atoms with E-state index in [9.17, 15) is 13.2 Å². The molecule has 1 saturated heterocycles. The highest BCUT2D eigenvalue weighted by Crippen LogP contribution is 2.14. The van der Waals surface area contributed by atoms with Crippen LogP contribution in [0.5, 0.6) is 0 Å². The Bertz CT molecular complexity index is 680. The molecule has 7 heteroatoms. The zero-order valence-corrected chi connectivity index (χ0v) is 15.5. The number of nitrogens with zero attached hydrogens (tertiary/aromatic N) is 2. The average Bonchev–Trinajstić information content (AvgIpc) is 2.57. The lowest BCUT2D eigenvalue weighted by Crippen LogP contribution is -2.49. The van der Waals surface area contributed by atoms with Gasteiger partial charge in [0, 0.05) is 39.1 Å². The summed E-state index contributed by atoms with van der Waals surface area (Å²) in [7, 11) is -3.57. The molecular formula is C17H27N3O3S. The van der Waals surface area contributed by atoms with Gasteiger partial charge in [0.2, 0.25) is 15.9 Å². The van der Waals surface area contributed by atoms with E-state index in [4.69, 9.17) is 0 Å². The average molecular weight is 353 g/mol. The van der Waals surface area contributed by atoms with Gasteiger partial charge in [-0.3, -0.25) is 4.79 Å². The van der Waals surface area contributed by atoms with Crippen LogP contribution in [0.15, 0.2) is 23.1 Å². The molecule has 0 aromatic heterocycles. The number of rotatable bonds is 6. The van der Waals surface area contributed by atoms with Crippen molar-refractivity contribution in [2.24, 2.45) is 0 Å². The number of hydrogen-bond donors (Lipinski definition) is 1. The minimum atomic E-state index is -3.57. The number of hydrogen-bond acceptors (Lipinski definition) is 4. The Morgan fingerprint density at radius 2 is 1.79 bits per heavy atom. The van der Waals surface area contributed by atoms with Gasteiger partial charge >= 0.3 is 0 Å². The Morgan fingerprint density at radius 3 is 2.38 bits per heavy atom. The molecule has 1 amide bonds. The monoisotopic (exact) mass is 353 g/mol. The number of piperazine rings is 1. The van der Waals surface area contributed by atoms with Crippen molar-refractivity contribution in [2.45, 2.75) is 32.1 Å². The van der Waals surface area contributed by atoms with Crippen LogP contribution in [-0.4, -0.2) is 63.4 Å². The molecule has 0 saturated carbocycles. The van der Waals surface area contributed by atoms with Gasteiger partial charge in [-0.05, 0) is 43.7 Å². The highest BCUT2D eigenvalue weighted by molar-refractivity contribution is 7.89. The second-order valence-corrected chi connectivity index (χ2v) is 7.98. The van der Waals surface area contributed by atoms with E-state index in [1.54, 1.807) is 18.2 Å². The zero-order valence-electron chi connectivity index (χ0n) is 14.7. The first-order chi connectivity index (χ1) is 11.3. The third-order valence-corrected chi connectivity index (χ3v) is 6.05. The molecule has 0 atom stereocenters. The molecule has 1 fully saturated rings. The van der Waals surface area contributed by atoms with Crippen LogP contribution in [0.1, 0.15) is 24.5 Å². The lowest BCUT2D eigenvalue weighted by Gasteiger charge is -2.34. The number of benzene rings is 1. The van der Waals surface area contributed by atoms with E-state index in [0.29, 0.717) is 0 Å². The van der Waals surface area contributed by atoms with Gasteiger partial charge in [-0.2, -0.15) is 0 Å². The maximum atomic E-state index is 12.3. The molecule has 1 aliphatic rings. The standard InChI is InChI=1S/C17H27N3O3S/c1-4-19-9-11-20(12-10-19)17(21)7-8-18-24(22,23)16-6-5-14(2)15(3)13-16/h5-6,13,18H,4,7-12H2,1-3H3. The first-order valence-electron chi connectivity index (χ1n) is 8.40. The third-order valence-electron chi connectivity index (χ3n) is 4.59. The number of carbonyl (C=O) groups excluding carboxylic acids is 1. The van der Waals surface area contributed by atoms with E-state index in [2.05, 4.69) is 16.5 Å². The Hall–Kier alpha value is -1.44. The summed E-state index contributed by atoms with van der Waals surface area (Å²) in [5.41, 5.74) is 1.98. The second-order valence-electron chi connectivity index (χ2n) is 6.21. The summed E-state index contributed by atoms with van der Waals surface area (Å²) >= 11 is 0. The van der Waals surface area contributed by atoms with Gasteiger partial charge in [-0.1, -0.05) is 13.0 Å². The summed E-state index contributed by atoms with van der Waals surface area (Å²) in [4.78, 5) is 16.5. The normalized spacial score (nSPS) is 16.4. The predicted octanol–water partition coefficient (Wildman–Crippen LogP) is 1.14. The summed E-state index contributed by atoms with van der Waals surface area (Å²) in [5, 5.41) is 0. The van der Waals surface area contributed by atoms with E-state index < -0.39 is 10.0 Å². The molecule has 1 N–H and O–H groups in total. The fourth-order valence-corrected chi connectivity index (χ4v) is 3.84. The van der Waals surface area contributed by atoms with E-state index in [1.807, 2.05) is 18.7 Å². The fraction of sp³-hybridized carbons (Fsp3) is 0.588. The number of carbonyl (C=O) groups is 1. The predicted molar refractivity (Wildman–Crippen MR) is 94.4 cm³/mol. The number of aryl methyl sites for hydroxylation is 2. The van der Waals surface area contributed by atoms with Crippen LogP contribution >= 0.6 is 0 Å². The minimum absolute atomic E-state index is 0.00791. The van der Waals surface area contributed by atoms with E-state index >= 15 is 0 Å². The van der Waals surface area contributed by atoms with Crippen LogP contribution in [0.3, 0.4) is 0 Å². The molecule has 0 radical (unpaired) electrons.